The first-order valence-electron chi connectivity index (χ1n) is 10.3. The summed E-state index contributed by atoms with van der Waals surface area (Å²) in [6, 6.07) is 10.5. The smallest absolute Gasteiger partial charge is 0.317 e. The summed E-state index contributed by atoms with van der Waals surface area (Å²) in [7, 11) is 0. The molecule has 7 heteroatoms. The summed E-state index contributed by atoms with van der Waals surface area (Å²) >= 11 is 0. The largest absolute Gasteiger partial charge is 0.467 e. The first kappa shape index (κ1) is 19.4. The minimum absolute atomic E-state index is 0.0237. The van der Waals surface area contributed by atoms with Gasteiger partial charge in [-0.25, -0.2) is 4.79 Å². The van der Waals surface area contributed by atoms with Gasteiger partial charge in [-0.15, -0.1) is 0 Å². The number of piperazine rings is 1. The first-order chi connectivity index (χ1) is 14.1. The highest BCUT2D eigenvalue weighted by molar-refractivity contribution is 5.95. The van der Waals surface area contributed by atoms with Crippen molar-refractivity contribution < 1.29 is 14.0 Å². The van der Waals surface area contributed by atoms with Gasteiger partial charge in [0.2, 0.25) is 0 Å². The summed E-state index contributed by atoms with van der Waals surface area (Å²) in [6.45, 7) is 7.43. The Morgan fingerprint density at radius 2 is 1.83 bits per heavy atom. The maximum Gasteiger partial charge on any atom is 0.317 e. The number of para-hydroxylation sites is 1. The number of hydrogen-bond donors (Lipinski definition) is 1. The fourth-order valence-electron chi connectivity index (χ4n) is 4.22. The van der Waals surface area contributed by atoms with Crippen LogP contribution in [-0.4, -0.2) is 60.5 Å². The van der Waals surface area contributed by atoms with Crippen LogP contribution in [-0.2, 0) is 13.0 Å². The van der Waals surface area contributed by atoms with E-state index < -0.39 is 0 Å². The summed E-state index contributed by atoms with van der Waals surface area (Å²) in [4.78, 5) is 31.0. The summed E-state index contributed by atoms with van der Waals surface area (Å²) < 4.78 is 5.73. The van der Waals surface area contributed by atoms with Gasteiger partial charge < -0.3 is 24.4 Å². The summed E-state index contributed by atoms with van der Waals surface area (Å²) in [6.07, 6.45) is 2.60. The van der Waals surface area contributed by atoms with Gasteiger partial charge in [0.25, 0.3) is 5.91 Å². The monoisotopic (exact) mass is 396 g/mol. The minimum atomic E-state index is -0.0646. The van der Waals surface area contributed by atoms with Gasteiger partial charge in [-0.3, -0.25) is 4.79 Å². The van der Waals surface area contributed by atoms with Gasteiger partial charge in [0.1, 0.15) is 5.76 Å². The van der Waals surface area contributed by atoms with E-state index in [-0.39, 0.29) is 11.9 Å². The normalized spacial score (nSPS) is 18.7. The molecule has 0 bridgehead atoms. The second-order valence-electron chi connectivity index (χ2n) is 7.68. The van der Waals surface area contributed by atoms with Crippen molar-refractivity contribution >= 4 is 17.6 Å². The second kappa shape index (κ2) is 8.19. The van der Waals surface area contributed by atoms with Gasteiger partial charge in [-0.1, -0.05) is 18.2 Å². The van der Waals surface area contributed by atoms with E-state index in [1.54, 1.807) is 17.2 Å². The third-order valence-electron chi connectivity index (χ3n) is 5.82. The van der Waals surface area contributed by atoms with Crippen LogP contribution in [0.5, 0.6) is 0 Å². The summed E-state index contributed by atoms with van der Waals surface area (Å²) in [5, 5.41) is 2.81. The van der Waals surface area contributed by atoms with Crippen LogP contribution in [0.1, 0.15) is 35.5 Å². The van der Waals surface area contributed by atoms with Crippen LogP contribution in [0, 0.1) is 0 Å². The predicted octanol–water partition coefficient (Wildman–Crippen LogP) is 2.72. The lowest BCUT2D eigenvalue weighted by molar-refractivity contribution is 0.0663. The van der Waals surface area contributed by atoms with Gasteiger partial charge in [-0.2, -0.15) is 0 Å². The molecule has 1 fully saturated rings. The number of urea groups is 1. The molecule has 1 aromatic carbocycles. The maximum atomic E-state index is 13.1. The van der Waals surface area contributed by atoms with Crippen LogP contribution < -0.4 is 10.2 Å². The van der Waals surface area contributed by atoms with Crippen molar-refractivity contribution in [2.24, 2.45) is 0 Å². The molecule has 7 nitrogen and oxygen atoms in total. The molecule has 3 heterocycles. The average molecular weight is 396 g/mol. The zero-order chi connectivity index (χ0) is 20.4. The Hall–Kier alpha value is -2.96. The Balaban J connectivity index is 1.43. The van der Waals surface area contributed by atoms with Crippen molar-refractivity contribution in [2.45, 2.75) is 32.9 Å². The Morgan fingerprint density at radius 3 is 2.59 bits per heavy atom. The number of carbonyl (C=O) groups is 2. The van der Waals surface area contributed by atoms with Crippen LogP contribution in [0.15, 0.2) is 41.0 Å². The molecule has 1 saturated heterocycles. The number of furan rings is 1. The number of benzene rings is 1. The molecule has 3 amide bonds. The van der Waals surface area contributed by atoms with Gasteiger partial charge in [0.05, 0.1) is 18.4 Å². The molecule has 2 aliphatic heterocycles. The van der Waals surface area contributed by atoms with Crippen molar-refractivity contribution in [1.82, 2.24) is 15.1 Å². The molecule has 2 aromatic rings. The number of nitrogens with zero attached hydrogens (tertiary/aromatic N) is 3. The highest BCUT2D eigenvalue weighted by atomic mass is 16.3. The van der Waals surface area contributed by atoms with Crippen LogP contribution >= 0.6 is 0 Å². The Labute approximate surface area is 171 Å². The molecule has 0 saturated carbocycles. The van der Waals surface area contributed by atoms with Crippen molar-refractivity contribution in [1.29, 1.82) is 0 Å². The molecule has 1 N–H and O–H groups in total. The molecule has 154 valence electrons. The lowest BCUT2D eigenvalue weighted by Gasteiger charge is -2.34. The van der Waals surface area contributed by atoms with E-state index in [4.69, 9.17) is 4.42 Å². The van der Waals surface area contributed by atoms with E-state index in [0.29, 0.717) is 56.6 Å². The predicted molar refractivity (Wildman–Crippen MR) is 111 cm³/mol. The van der Waals surface area contributed by atoms with Crippen molar-refractivity contribution in [2.75, 3.05) is 37.6 Å². The summed E-state index contributed by atoms with van der Waals surface area (Å²) in [5.74, 6) is 0.675. The van der Waals surface area contributed by atoms with E-state index >= 15 is 0 Å². The van der Waals surface area contributed by atoms with Crippen LogP contribution in [0.25, 0.3) is 0 Å². The number of carbonyl (C=O) groups excluding carboxylic acids is 2. The number of amides is 3. The standard InChI is InChI=1S/C22H28N4O3/c1-3-23-22(28)25-11-9-24(10-12-25)21(27)18-8-13-29-20(18)15-26-16(2)14-17-6-4-5-7-19(17)26/h4-8,13,16H,3,9-12,14-15H2,1-2H3,(H,23,28). The fourth-order valence-corrected chi connectivity index (χ4v) is 4.22. The summed E-state index contributed by atoms with van der Waals surface area (Å²) in [5.41, 5.74) is 3.17. The number of nitrogens with one attached hydrogen (secondary N) is 1. The number of fused-ring (bicyclic) bond motifs is 1. The molecule has 29 heavy (non-hydrogen) atoms. The van der Waals surface area contributed by atoms with Crippen molar-refractivity contribution in [3.8, 4) is 0 Å². The van der Waals surface area contributed by atoms with E-state index in [2.05, 4.69) is 35.3 Å². The molecule has 4 rings (SSSR count). The SMILES string of the molecule is CCNC(=O)N1CCN(C(=O)c2ccoc2CN2c3ccccc3CC2C)CC1. The Bertz CT molecular complexity index is 886. The molecule has 0 spiro atoms. The Morgan fingerprint density at radius 1 is 1.10 bits per heavy atom. The third kappa shape index (κ3) is 3.81. The molecule has 2 aliphatic rings. The van der Waals surface area contributed by atoms with E-state index in [1.807, 2.05) is 17.9 Å². The maximum absolute atomic E-state index is 13.1. The molecular weight excluding hydrogens is 368 g/mol. The van der Waals surface area contributed by atoms with Gasteiger partial charge in [-0.05, 0) is 38.0 Å². The molecule has 0 aliphatic carbocycles. The molecule has 0 radical (unpaired) electrons. The lowest BCUT2D eigenvalue weighted by Crippen LogP contribution is -2.53. The van der Waals surface area contributed by atoms with E-state index in [0.717, 1.165) is 6.42 Å². The van der Waals surface area contributed by atoms with Gasteiger partial charge in [0.15, 0.2) is 0 Å². The molecule has 1 unspecified atom stereocenters. The number of anilines is 1. The van der Waals surface area contributed by atoms with Crippen molar-refractivity contribution in [3.05, 3.63) is 53.5 Å². The van der Waals surface area contributed by atoms with Crippen LogP contribution in [0.2, 0.25) is 0 Å². The van der Waals surface area contributed by atoms with E-state index in [1.165, 1.54) is 11.3 Å². The van der Waals surface area contributed by atoms with Gasteiger partial charge >= 0.3 is 6.03 Å². The zero-order valence-electron chi connectivity index (χ0n) is 17.1. The quantitative estimate of drug-likeness (QED) is 0.863. The minimum Gasteiger partial charge on any atom is -0.467 e. The first-order valence-corrected chi connectivity index (χ1v) is 10.3. The van der Waals surface area contributed by atoms with Crippen LogP contribution in [0.3, 0.4) is 0 Å². The number of hydrogen-bond acceptors (Lipinski definition) is 4. The Kier molecular flexibility index (Phi) is 5.47. The van der Waals surface area contributed by atoms with E-state index in [9.17, 15) is 9.59 Å². The highest BCUT2D eigenvalue weighted by Gasteiger charge is 2.30. The topological polar surface area (TPSA) is 69.0 Å². The second-order valence-corrected chi connectivity index (χ2v) is 7.68. The third-order valence-corrected chi connectivity index (χ3v) is 5.82. The lowest BCUT2D eigenvalue weighted by atomic mass is 10.1. The molecule has 1 aromatic heterocycles. The molecule has 1 atom stereocenters. The zero-order valence-corrected chi connectivity index (χ0v) is 17.1. The highest BCUT2D eigenvalue weighted by Crippen LogP contribution is 2.33. The van der Waals surface area contributed by atoms with Crippen molar-refractivity contribution in [3.63, 3.8) is 0 Å². The fraction of sp³-hybridized carbons (Fsp3) is 0.455. The van der Waals surface area contributed by atoms with Crippen LogP contribution in [0.4, 0.5) is 10.5 Å². The number of rotatable bonds is 4. The average Bonchev–Trinajstić information content (AvgIpc) is 3.32. The molecular formula is C22H28N4O3. The van der Waals surface area contributed by atoms with Gasteiger partial charge in [0, 0.05) is 44.5 Å².